The Bertz CT molecular complexity index is 619. The summed E-state index contributed by atoms with van der Waals surface area (Å²) in [5.74, 6) is -0.222. The van der Waals surface area contributed by atoms with E-state index in [0.717, 1.165) is 24.0 Å². The summed E-state index contributed by atoms with van der Waals surface area (Å²) in [7, 11) is 0. The van der Waals surface area contributed by atoms with Crippen molar-refractivity contribution in [1.82, 2.24) is 0 Å². The third-order valence-corrected chi connectivity index (χ3v) is 4.44. The lowest BCUT2D eigenvalue weighted by Crippen LogP contribution is -2.06. The highest BCUT2D eigenvalue weighted by Gasteiger charge is 2.08. The second-order valence-electron chi connectivity index (χ2n) is 6.56. The molecule has 2 aromatic carbocycles. The van der Waals surface area contributed by atoms with Gasteiger partial charge < -0.3 is 4.74 Å². The third kappa shape index (κ3) is 7.13. The molecule has 0 amide bonds. The number of hydrogen-bond acceptors (Lipinski definition) is 2. The number of rotatable bonds is 11. The Morgan fingerprint density at radius 3 is 2.12 bits per heavy atom. The van der Waals surface area contributed by atoms with Crippen molar-refractivity contribution >= 4 is 5.97 Å². The predicted octanol–water partition coefficient (Wildman–Crippen LogP) is 6.65. The summed E-state index contributed by atoms with van der Waals surface area (Å²) in [5, 5.41) is 0. The van der Waals surface area contributed by atoms with Crippen molar-refractivity contribution in [3.8, 4) is 11.1 Å². The van der Waals surface area contributed by atoms with Crippen LogP contribution in [0.4, 0.5) is 0 Å². The molecule has 0 N–H and O–H groups in total. The first-order valence-electron chi connectivity index (χ1n) is 9.64. The highest BCUT2D eigenvalue weighted by Crippen LogP contribution is 2.20. The lowest BCUT2D eigenvalue weighted by atomic mass is 10.0. The summed E-state index contributed by atoms with van der Waals surface area (Å²) in [6.45, 7) is 2.76. The quantitative estimate of drug-likeness (QED) is 0.338. The molecule has 2 aromatic rings. The van der Waals surface area contributed by atoms with E-state index in [1.807, 2.05) is 54.6 Å². The Morgan fingerprint density at radius 1 is 0.760 bits per heavy atom. The Morgan fingerprint density at radius 2 is 1.40 bits per heavy atom. The molecule has 0 fully saturated rings. The fourth-order valence-electron chi connectivity index (χ4n) is 2.94. The normalized spacial score (nSPS) is 10.6. The van der Waals surface area contributed by atoms with E-state index in [2.05, 4.69) is 6.92 Å². The molecule has 25 heavy (non-hydrogen) atoms. The van der Waals surface area contributed by atoms with Gasteiger partial charge in [0.25, 0.3) is 0 Å². The molecular formula is C23H30O2. The van der Waals surface area contributed by atoms with Crippen LogP contribution < -0.4 is 0 Å². The number of esters is 1. The van der Waals surface area contributed by atoms with Gasteiger partial charge in [-0.3, -0.25) is 0 Å². The Hall–Kier alpha value is -2.09. The number of carbonyl (C=O) groups excluding carboxylic acids is 1. The summed E-state index contributed by atoms with van der Waals surface area (Å²) in [6, 6.07) is 17.8. The molecule has 0 aliphatic carbocycles. The number of unbranched alkanes of at least 4 members (excludes halogenated alkanes) is 7. The summed E-state index contributed by atoms with van der Waals surface area (Å²) in [6.07, 6.45) is 9.96. The van der Waals surface area contributed by atoms with Gasteiger partial charge in [-0.2, -0.15) is 0 Å². The molecule has 2 nitrogen and oxygen atoms in total. The highest BCUT2D eigenvalue weighted by molar-refractivity contribution is 5.91. The zero-order valence-corrected chi connectivity index (χ0v) is 15.4. The first kappa shape index (κ1) is 19.2. The average Bonchev–Trinajstić information content (AvgIpc) is 2.67. The largest absolute Gasteiger partial charge is 0.462 e. The first-order valence-corrected chi connectivity index (χ1v) is 9.64. The lowest BCUT2D eigenvalue weighted by molar-refractivity contribution is 0.0497. The Balaban J connectivity index is 1.69. The van der Waals surface area contributed by atoms with E-state index in [-0.39, 0.29) is 5.97 Å². The minimum absolute atomic E-state index is 0.222. The monoisotopic (exact) mass is 338 g/mol. The van der Waals surface area contributed by atoms with E-state index < -0.39 is 0 Å². The van der Waals surface area contributed by atoms with Crippen LogP contribution in [-0.4, -0.2) is 12.6 Å². The maximum Gasteiger partial charge on any atom is 0.338 e. The van der Waals surface area contributed by atoms with Crippen LogP contribution in [0.1, 0.15) is 68.6 Å². The van der Waals surface area contributed by atoms with Gasteiger partial charge in [0.05, 0.1) is 12.2 Å². The molecule has 0 aromatic heterocycles. The Labute approximate surface area is 152 Å². The number of ether oxygens (including phenoxy) is 1. The second kappa shape index (κ2) is 11.5. The van der Waals surface area contributed by atoms with E-state index in [9.17, 15) is 4.79 Å². The smallest absolute Gasteiger partial charge is 0.338 e. The molecule has 2 heteroatoms. The van der Waals surface area contributed by atoms with Gasteiger partial charge in [0.1, 0.15) is 0 Å². The molecule has 0 heterocycles. The molecule has 0 aliphatic rings. The van der Waals surface area contributed by atoms with Crippen LogP contribution in [0.5, 0.6) is 0 Å². The fourth-order valence-corrected chi connectivity index (χ4v) is 2.94. The molecule has 0 radical (unpaired) electrons. The van der Waals surface area contributed by atoms with Crippen molar-refractivity contribution in [2.75, 3.05) is 6.61 Å². The molecule has 0 spiro atoms. The standard InChI is InChI=1S/C23H30O2/c1-2-3-4-5-6-7-8-12-18-25-23(24)22-17-13-16-21(19-22)20-14-10-9-11-15-20/h9-11,13-17,19H,2-8,12,18H2,1H3. The molecule has 0 aliphatic heterocycles. The summed E-state index contributed by atoms with van der Waals surface area (Å²) < 4.78 is 5.43. The molecule has 2 rings (SSSR count). The van der Waals surface area contributed by atoms with E-state index in [0.29, 0.717) is 12.2 Å². The van der Waals surface area contributed by atoms with Crippen LogP contribution in [0.3, 0.4) is 0 Å². The molecular weight excluding hydrogens is 308 g/mol. The maximum absolute atomic E-state index is 12.2. The molecule has 0 unspecified atom stereocenters. The molecule has 0 saturated carbocycles. The minimum Gasteiger partial charge on any atom is -0.462 e. The molecule has 134 valence electrons. The molecule has 0 saturated heterocycles. The van der Waals surface area contributed by atoms with Crippen molar-refractivity contribution < 1.29 is 9.53 Å². The maximum atomic E-state index is 12.2. The van der Waals surface area contributed by atoms with Gasteiger partial charge >= 0.3 is 5.97 Å². The fraction of sp³-hybridized carbons (Fsp3) is 0.435. The number of carbonyl (C=O) groups is 1. The van der Waals surface area contributed by atoms with E-state index in [4.69, 9.17) is 4.74 Å². The van der Waals surface area contributed by atoms with Gasteiger partial charge in [-0.1, -0.05) is 94.3 Å². The molecule has 0 bridgehead atoms. The van der Waals surface area contributed by atoms with Crippen LogP contribution >= 0.6 is 0 Å². The number of benzene rings is 2. The zero-order valence-electron chi connectivity index (χ0n) is 15.4. The van der Waals surface area contributed by atoms with Crippen LogP contribution in [0.25, 0.3) is 11.1 Å². The van der Waals surface area contributed by atoms with E-state index in [1.165, 1.54) is 38.5 Å². The van der Waals surface area contributed by atoms with Crippen molar-refractivity contribution in [2.45, 2.75) is 58.3 Å². The predicted molar refractivity (Wildman–Crippen MR) is 105 cm³/mol. The van der Waals surface area contributed by atoms with E-state index >= 15 is 0 Å². The number of hydrogen-bond donors (Lipinski definition) is 0. The van der Waals surface area contributed by atoms with Crippen molar-refractivity contribution in [2.24, 2.45) is 0 Å². The Kier molecular flexibility index (Phi) is 8.82. The summed E-state index contributed by atoms with van der Waals surface area (Å²) in [5.41, 5.74) is 2.78. The van der Waals surface area contributed by atoms with Gasteiger partial charge in [0.15, 0.2) is 0 Å². The van der Waals surface area contributed by atoms with Crippen LogP contribution in [0.2, 0.25) is 0 Å². The van der Waals surface area contributed by atoms with E-state index in [1.54, 1.807) is 0 Å². The first-order chi connectivity index (χ1) is 12.3. The van der Waals surface area contributed by atoms with Gasteiger partial charge in [0, 0.05) is 0 Å². The van der Waals surface area contributed by atoms with Gasteiger partial charge in [-0.05, 0) is 29.7 Å². The zero-order chi connectivity index (χ0) is 17.7. The van der Waals surface area contributed by atoms with Gasteiger partial charge in [-0.25, -0.2) is 4.79 Å². The highest BCUT2D eigenvalue weighted by atomic mass is 16.5. The summed E-state index contributed by atoms with van der Waals surface area (Å²) >= 11 is 0. The summed E-state index contributed by atoms with van der Waals surface area (Å²) in [4.78, 5) is 12.2. The minimum atomic E-state index is -0.222. The van der Waals surface area contributed by atoms with Crippen LogP contribution in [0.15, 0.2) is 54.6 Å². The van der Waals surface area contributed by atoms with Crippen LogP contribution in [0, 0.1) is 0 Å². The van der Waals surface area contributed by atoms with Crippen molar-refractivity contribution in [3.05, 3.63) is 60.2 Å². The van der Waals surface area contributed by atoms with Crippen LogP contribution in [-0.2, 0) is 4.74 Å². The van der Waals surface area contributed by atoms with Gasteiger partial charge in [0.2, 0.25) is 0 Å². The van der Waals surface area contributed by atoms with Crippen molar-refractivity contribution in [1.29, 1.82) is 0 Å². The topological polar surface area (TPSA) is 26.3 Å². The molecule has 0 atom stereocenters. The van der Waals surface area contributed by atoms with Crippen molar-refractivity contribution in [3.63, 3.8) is 0 Å². The lowest BCUT2D eigenvalue weighted by Gasteiger charge is -2.07. The third-order valence-electron chi connectivity index (χ3n) is 4.44. The average molecular weight is 338 g/mol. The van der Waals surface area contributed by atoms with Gasteiger partial charge in [-0.15, -0.1) is 0 Å². The SMILES string of the molecule is CCCCCCCCCCOC(=O)c1cccc(-c2ccccc2)c1. The second-order valence-corrected chi connectivity index (χ2v) is 6.56.